The first-order chi connectivity index (χ1) is 14.0. The van der Waals surface area contributed by atoms with Gasteiger partial charge in [0.2, 0.25) is 11.8 Å². The van der Waals surface area contributed by atoms with E-state index in [0.29, 0.717) is 17.5 Å². The van der Waals surface area contributed by atoms with Crippen LogP contribution in [0.2, 0.25) is 0 Å². The lowest BCUT2D eigenvalue weighted by molar-refractivity contribution is -0.113. The van der Waals surface area contributed by atoms with Gasteiger partial charge in [0.15, 0.2) is 0 Å². The van der Waals surface area contributed by atoms with Gasteiger partial charge in [-0.15, -0.1) is 10.2 Å². The Balaban J connectivity index is 1.41. The number of anilines is 1. The van der Waals surface area contributed by atoms with Crippen LogP contribution in [0.3, 0.4) is 0 Å². The summed E-state index contributed by atoms with van der Waals surface area (Å²) < 4.78 is 11.9. The van der Waals surface area contributed by atoms with E-state index >= 15 is 0 Å². The van der Waals surface area contributed by atoms with Gasteiger partial charge < -0.3 is 14.5 Å². The largest absolute Gasteiger partial charge is 0.496 e. The third-order valence-electron chi connectivity index (χ3n) is 4.22. The molecule has 0 aliphatic rings. The van der Waals surface area contributed by atoms with E-state index in [1.165, 1.54) is 17.3 Å². The monoisotopic (exact) mass is 475 g/mol. The van der Waals surface area contributed by atoms with Crippen LogP contribution in [0.1, 0.15) is 23.4 Å². The third-order valence-corrected chi connectivity index (χ3v) is 5.57. The van der Waals surface area contributed by atoms with Gasteiger partial charge >= 0.3 is 0 Å². The molecule has 0 spiro atoms. The summed E-state index contributed by atoms with van der Waals surface area (Å²) in [5, 5.41) is 11.3. The quantitative estimate of drug-likeness (QED) is 0.436. The molecule has 0 atom stereocenters. The summed E-state index contributed by atoms with van der Waals surface area (Å²) in [6.45, 7) is 2.04. The maximum absolute atomic E-state index is 12.0. The summed E-state index contributed by atoms with van der Waals surface area (Å²) in [5.74, 6) is 1.58. The Bertz CT molecular complexity index is 960. The van der Waals surface area contributed by atoms with Gasteiger partial charge in [-0.1, -0.05) is 39.8 Å². The van der Waals surface area contributed by atoms with Crippen molar-refractivity contribution in [3.8, 4) is 5.75 Å². The number of thioether (sulfide) groups is 1. The first-order valence-corrected chi connectivity index (χ1v) is 11.0. The van der Waals surface area contributed by atoms with E-state index in [4.69, 9.17) is 9.15 Å². The highest BCUT2D eigenvalue weighted by Crippen LogP contribution is 2.21. The molecule has 3 rings (SSSR count). The van der Waals surface area contributed by atoms with Gasteiger partial charge in [0.05, 0.1) is 12.9 Å². The lowest BCUT2D eigenvalue weighted by atomic mass is 10.1. The number of rotatable bonds is 9. The standard InChI is InChI=1S/C21H22BrN3O3S/c1-14-12-15(6-11-18(14)27-2)4-3-5-20-24-25-21(28-20)29-13-19(26)23-17-9-7-16(22)8-10-17/h6-12H,3-5,13H2,1-2H3,(H,23,26). The summed E-state index contributed by atoms with van der Waals surface area (Å²) in [7, 11) is 1.68. The number of aryl methyl sites for hydroxylation is 3. The predicted octanol–water partition coefficient (Wildman–Crippen LogP) is 5.06. The molecule has 1 amide bonds. The molecule has 0 unspecified atom stereocenters. The zero-order valence-corrected chi connectivity index (χ0v) is 18.7. The lowest BCUT2D eigenvalue weighted by Gasteiger charge is -2.06. The maximum atomic E-state index is 12.0. The molecule has 0 aliphatic heterocycles. The van der Waals surface area contributed by atoms with Gasteiger partial charge in [-0.25, -0.2) is 0 Å². The number of nitrogens with one attached hydrogen (secondary N) is 1. The Hall–Kier alpha value is -2.32. The molecule has 6 nitrogen and oxygen atoms in total. The van der Waals surface area contributed by atoms with Crippen LogP contribution in [0.15, 0.2) is 56.6 Å². The van der Waals surface area contributed by atoms with Crippen molar-refractivity contribution >= 4 is 39.3 Å². The number of carbonyl (C=O) groups excluding carboxylic acids is 1. The number of carbonyl (C=O) groups is 1. The number of nitrogens with zero attached hydrogens (tertiary/aromatic N) is 2. The smallest absolute Gasteiger partial charge is 0.277 e. The maximum Gasteiger partial charge on any atom is 0.277 e. The van der Waals surface area contributed by atoms with Crippen molar-refractivity contribution in [2.45, 2.75) is 31.4 Å². The van der Waals surface area contributed by atoms with Gasteiger partial charge in [-0.05, 0) is 61.2 Å². The van der Waals surface area contributed by atoms with Gasteiger partial charge in [-0.3, -0.25) is 4.79 Å². The van der Waals surface area contributed by atoms with Crippen LogP contribution in [0, 0.1) is 6.92 Å². The Labute approximate surface area is 182 Å². The van der Waals surface area contributed by atoms with Crippen LogP contribution >= 0.6 is 27.7 Å². The fourth-order valence-electron chi connectivity index (χ4n) is 2.79. The number of aromatic nitrogens is 2. The second-order valence-electron chi connectivity index (χ2n) is 6.46. The van der Waals surface area contributed by atoms with E-state index in [1.54, 1.807) is 7.11 Å². The highest BCUT2D eigenvalue weighted by Gasteiger charge is 2.10. The van der Waals surface area contributed by atoms with Crippen LogP contribution in [0.5, 0.6) is 5.75 Å². The molecule has 152 valence electrons. The molecule has 1 aromatic heterocycles. The number of amides is 1. The summed E-state index contributed by atoms with van der Waals surface area (Å²) in [5.41, 5.74) is 3.13. The first-order valence-electron chi connectivity index (χ1n) is 9.17. The second kappa shape index (κ2) is 10.5. The molecule has 8 heteroatoms. The van der Waals surface area contributed by atoms with Crippen molar-refractivity contribution in [1.29, 1.82) is 0 Å². The molecule has 0 radical (unpaired) electrons. The Morgan fingerprint density at radius 1 is 1.17 bits per heavy atom. The number of hydrogen-bond acceptors (Lipinski definition) is 6. The minimum absolute atomic E-state index is 0.119. The molecule has 29 heavy (non-hydrogen) atoms. The Morgan fingerprint density at radius 2 is 1.97 bits per heavy atom. The predicted molar refractivity (Wildman–Crippen MR) is 118 cm³/mol. The van der Waals surface area contributed by atoms with E-state index in [-0.39, 0.29) is 11.7 Å². The molecule has 0 saturated carbocycles. The van der Waals surface area contributed by atoms with Crippen LogP contribution in [0.4, 0.5) is 5.69 Å². The topological polar surface area (TPSA) is 77.2 Å². The molecule has 0 saturated heterocycles. The molecule has 1 N–H and O–H groups in total. The fourth-order valence-corrected chi connectivity index (χ4v) is 3.64. The average molecular weight is 476 g/mol. The highest BCUT2D eigenvalue weighted by atomic mass is 79.9. The summed E-state index contributed by atoms with van der Waals surface area (Å²) in [6.07, 6.45) is 2.52. The summed E-state index contributed by atoms with van der Waals surface area (Å²) in [6, 6.07) is 13.6. The molecule has 0 bridgehead atoms. The number of halogens is 1. The van der Waals surface area contributed by atoms with Gasteiger partial charge in [0, 0.05) is 16.6 Å². The lowest BCUT2D eigenvalue weighted by Crippen LogP contribution is -2.13. The summed E-state index contributed by atoms with van der Waals surface area (Å²) >= 11 is 4.60. The van der Waals surface area contributed by atoms with E-state index in [9.17, 15) is 4.79 Å². The van der Waals surface area contributed by atoms with Crippen molar-refractivity contribution in [3.63, 3.8) is 0 Å². The van der Waals surface area contributed by atoms with E-state index in [0.717, 1.165) is 34.3 Å². The second-order valence-corrected chi connectivity index (χ2v) is 8.31. The molecule has 1 heterocycles. The minimum Gasteiger partial charge on any atom is -0.496 e. The SMILES string of the molecule is COc1ccc(CCCc2nnc(SCC(=O)Nc3ccc(Br)cc3)o2)cc1C. The number of hydrogen-bond donors (Lipinski definition) is 1. The van der Waals surface area contributed by atoms with Crippen LogP contribution < -0.4 is 10.1 Å². The molecular weight excluding hydrogens is 454 g/mol. The van der Waals surface area contributed by atoms with Crippen LogP contribution in [0.25, 0.3) is 0 Å². The fraction of sp³-hybridized carbons (Fsp3) is 0.286. The Kier molecular flexibility index (Phi) is 7.71. The van der Waals surface area contributed by atoms with E-state index in [2.05, 4.69) is 43.6 Å². The van der Waals surface area contributed by atoms with Crippen molar-refractivity contribution in [3.05, 3.63) is 64.0 Å². The molecule has 0 fully saturated rings. The van der Waals surface area contributed by atoms with Crippen molar-refractivity contribution in [2.75, 3.05) is 18.2 Å². The zero-order chi connectivity index (χ0) is 20.6. The van der Waals surface area contributed by atoms with Crippen LogP contribution in [-0.2, 0) is 17.6 Å². The molecule has 2 aromatic carbocycles. The van der Waals surface area contributed by atoms with Crippen LogP contribution in [-0.4, -0.2) is 29.0 Å². The normalized spacial score (nSPS) is 10.7. The van der Waals surface area contributed by atoms with Crippen molar-refractivity contribution in [1.82, 2.24) is 10.2 Å². The van der Waals surface area contributed by atoms with Gasteiger partial charge in [0.25, 0.3) is 5.22 Å². The zero-order valence-electron chi connectivity index (χ0n) is 16.3. The average Bonchev–Trinajstić information content (AvgIpc) is 3.16. The third kappa shape index (κ3) is 6.61. The highest BCUT2D eigenvalue weighted by molar-refractivity contribution is 9.10. The molecule has 3 aromatic rings. The first kappa shape index (κ1) is 21.4. The van der Waals surface area contributed by atoms with Crippen molar-refractivity contribution < 1.29 is 13.9 Å². The van der Waals surface area contributed by atoms with E-state index < -0.39 is 0 Å². The van der Waals surface area contributed by atoms with Gasteiger partial charge in [-0.2, -0.15) is 0 Å². The number of benzene rings is 2. The Morgan fingerprint density at radius 3 is 2.69 bits per heavy atom. The molecular formula is C21H22BrN3O3S. The number of ether oxygens (including phenoxy) is 1. The van der Waals surface area contributed by atoms with E-state index in [1.807, 2.05) is 37.3 Å². The minimum atomic E-state index is -0.119. The summed E-state index contributed by atoms with van der Waals surface area (Å²) in [4.78, 5) is 12.0. The molecule has 0 aliphatic carbocycles. The van der Waals surface area contributed by atoms with Gasteiger partial charge in [0.1, 0.15) is 5.75 Å². The van der Waals surface area contributed by atoms with Crippen molar-refractivity contribution in [2.24, 2.45) is 0 Å². The number of methoxy groups -OCH3 is 1.